The van der Waals surface area contributed by atoms with Crippen molar-refractivity contribution < 1.29 is 0 Å². The molecule has 0 radical (unpaired) electrons. The zero-order valence-corrected chi connectivity index (χ0v) is 12.2. The standard InChI is InChI=1S/C19H22/c1-4-5-8-14-11-12-16-15-9-6-7-10-17(15)19(2,3)18(16)13-14/h6-7,9-13H,4-5,8H2,1-3H3. The van der Waals surface area contributed by atoms with Crippen LogP contribution in [0.5, 0.6) is 0 Å². The van der Waals surface area contributed by atoms with E-state index in [2.05, 4.69) is 63.2 Å². The lowest BCUT2D eigenvalue weighted by molar-refractivity contribution is 0.658. The molecule has 3 rings (SSSR count). The fourth-order valence-electron chi connectivity index (χ4n) is 3.29. The Morgan fingerprint density at radius 3 is 2.42 bits per heavy atom. The van der Waals surface area contributed by atoms with E-state index in [9.17, 15) is 0 Å². The summed E-state index contributed by atoms with van der Waals surface area (Å²) in [4.78, 5) is 0. The van der Waals surface area contributed by atoms with Gasteiger partial charge in [0.15, 0.2) is 0 Å². The van der Waals surface area contributed by atoms with Gasteiger partial charge in [-0.2, -0.15) is 0 Å². The summed E-state index contributed by atoms with van der Waals surface area (Å²) in [5, 5.41) is 0. The van der Waals surface area contributed by atoms with Crippen LogP contribution in [0, 0.1) is 0 Å². The molecule has 0 aliphatic heterocycles. The molecule has 0 heterocycles. The number of benzene rings is 2. The number of rotatable bonds is 3. The summed E-state index contributed by atoms with van der Waals surface area (Å²) in [5.41, 5.74) is 7.46. The fraction of sp³-hybridized carbons (Fsp3) is 0.368. The lowest BCUT2D eigenvalue weighted by atomic mass is 9.82. The molecule has 0 fully saturated rings. The summed E-state index contributed by atoms with van der Waals surface area (Å²) < 4.78 is 0. The first kappa shape index (κ1) is 12.5. The van der Waals surface area contributed by atoms with Gasteiger partial charge in [0.2, 0.25) is 0 Å². The van der Waals surface area contributed by atoms with Gasteiger partial charge in [-0.25, -0.2) is 0 Å². The molecule has 1 aliphatic carbocycles. The van der Waals surface area contributed by atoms with Crippen molar-refractivity contribution >= 4 is 0 Å². The van der Waals surface area contributed by atoms with Crippen molar-refractivity contribution in [2.45, 2.75) is 45.4 Å². The highest BCUT2D eigenvalue weighted by molar-refractivity contribution is 5.80. The second-order valence-corrected chi connectivity index (χ2v) is 6.15. The average Bonchev–Trinajstić information content (AvgIpc) is 2.66. The van der Waals surface area contributed by atoms with E-state index in [-0.39, 0.29) is 5.41 Å². The van der Waals surface area contributed by atoms with Crippen molar-refractivity contribution in [2.75, 3.05) is 0 Å². The van der Waals surface area contributed by atoms with Crippen LogP contribution < -0.4 is 0 Å². The van der Waals surface area contributed by atoms with Crippen molar-refractivity contribution in [2.24, 2.45) is 0 Å². The molecule has 2 aromatic rings. The number of fused-ring (bicyclic) bond motifs is 3. The van der Waals surface area contributed by atoms with E-state index >= 15 is 0 Å². The Labute approximate surface area is 116 Å². The van der Waals surface area contributed by atoms with Crippen LogP contribution in [0.4, 0.5) is 0 Å². The zero-order chi connectivity index (χ0) is 13.5. The Balaban J connectivity index is 2.10. The van der Waals surface area contributed by atoms with Crippen LogP contribution in [0.2, 0.25) is 0 Å². The predicted molar refractivity (Wildman–Crippen MR) is 82.6 cm³/mol. The van der Waals surface area contributed by atoms with Crippen molar-refractivity contribution in [3.8, 4) is 11.1 Å². The van der Waals surface area contributed by atoms with Gasteiger partial charge >= 0.3 is 0 Å². The molecule has 0 bridgehead atoms. The SMILES string of the molecule is CCCCc1ccc2c(c1)C(C)(C)c1ccccc1-2. The molecule has 0 saturated heterocycles. The van der Waals surface area contributed by atoms with Gasteiger partial charge in [0.25, 0.3) is 0 Å². The average molecular weight is 250 g/mol. The van der Waals surface area contributed by atoms with Crippen molar-refractivity contribution in [1.29, 1.82) is 0 Å². The number of hydrogen-bond acceptors (Lipinski definition) is 0. The highest BCUT2D eigenvalue weighted by Gasteiger charge is 2.34. The maximum Gasteiger partial charge on any atom is 0.0158 e. The van der Waals surface area contributed by atoms with Gasteiger partial charge in [0.1, 0.15) is 0 Å². The minimum absolute atomic E-state index is 0.147. The summed E-state index contributed by atoms with van der Waals surface area (Å²) in [5.74, 6) is 0. The minimum atomic E-state index is 0.147. The Bertz CT molecular complexity index is 605. The molecule has 0 nitrogen and oxygen atoms in total. The quantitative estimate of drug-likeness (QED) is 0.690. The zero-order valence-electron chi connectivity index (χ0n) is 12.2. The van der Waals surface area contributed by atoms with Crippen LogP contribution in [0.25, 0.3) is 11.1 Å². The molecule has 98 valence electrons. The summed E-state index contributed by atoms with van der Waals surface area (Å²) in [6, 6.07) is 15.9. The smallest absolute Gasteiger partial charge is 0.0158 e. The fourth-order valence-corrected chi connectivity index (χ4v) is 3.29. The summed E-state index contributed by atoms with van der Waals surface area (Å²) in [6.45, 7) is 6.95. The lowest BCUT2D eigenvalue weighted by Crippen LogP contribution is -2.15. The van der Waals surface area contributed by atoms with Crippen molar-refractivity contribution in [1.82, 2.24) is 0 Å². The van der Waals surface area contributed by atoms with Crippen molar-refractivity contribution in [3.63, 3.8) is 0 Å². The van der Waals surface area contributed by atoms with Gasteiger partial charge in [-0.3, -0.25) is 0 Å². The van der Waals surface area contributed by atoms with Crippen LogP contribution in [0.3, 0.4) is 0 Å². The summed E-state index contributed by atoms with van der Waals surface area (Å²) in [6.07, 6.45) is 3.75. The highest BCUT2D eigenvalue weighted by Crippen LogP contribution is 2.48. The number of aryl methyl sites for hydroxylation is 1. The second kappa shape index (κ2) is 4.52. The molecular weight excluding hydrogens is 228 g/mol. The van der Waals surface area contributed by atoms with E-state index in [1.807, 2.05) is 0 Å². The third-order valence-electron chi connectivity index (χ3n) is 4.47. The summed E-state index contributed by atoms with van der Waals surface area (Å²) in [7, 11) is 0. The molecule has 0 N–H and O–H groups in total. The van der Waals surface area contributed by atoms with E-state index in [0.717, 1.165) is 0 Å². The summed E-state index contributed by atoms with van der Waals surface area (Å²) >= 11 is 0. The molecule has 0 atom stereocenters. The first-order valence-electron chi connectivity index (χ1n) is 7.38. The topological polar surface area (TPSA) is 0 Å². The molecule has 0 unspecified atom stereocenters. The molecule has 0 saturated carbocycles. The molecular formula is C19H22. The molecule has 0 spiro atoms. The molecule has 1 aliphatic rings. The first-order chi connectivity index (χ1) is 9.14. The maximum atomic E-state index is 2.44. The minimum Gasteiger partial charge on any atom is -0.0654 e. The van der Waals surface area contributed by atoms with E-state index in [1.165, 1.54) is 47.1 Å². The highest BCUT2D eigenvalue weighted by atomic mass is 14.4. The van der Waals surface area contributed by atoms with Crippen LogP contribution in [0.15, 0.2) is 42.5 Å². The maximum absolute atomic E-state index is 2.44. The van der Waals surface area contributed by atoms with Gasteiger partial charge in [-0.05, 0) is 40.7 Å². The first-order valence-corrected chi connectivity index (χ1v) is 7.38. The number of unbranched alkanes of at least 4 members (excludes halogenated alkanes) is 1. The van der Waals surface area contributed by atoms with Crippen LogP contribution in [-0.2, 0) is 11.8 Å². The Morgan fingerprint density at radius 1 is 0.895 bits per heavy atom. The van der Waals surface area contributed by atoms with E-state index < -0.39 is 0 Å². The normalized spacial score (nSPS) is 15.1. The Hall–Kier alpha value is -1.56. The van der Waals surface area contributed by atoms with Gasteiger partial charge in [-0.1, -0.05) is 69.7 Å². The monoisotopic (exact) mass is 250 g/mol. The van der Waals surface area contributed by atoms with Crippen molar-refractivity contribution in [3.05, 3.63) is 59.2 Å². The number of hydrogen-bond donors (Lipinski definition) is 0. The lowest BCUT2D eigenvalue weighted by Gasteiger charge is -2.21. The largest absolute Gasteiger partial charge is 0.0654 e. The predicted octanol–water partition coefficient (Wildman–Crippen LogP) is 5.34. The van der Waals surface area contributed by atoms with E-state index in [1.54, 1.807) is 0 Å². The third-order valence-corrected chi connectivity index (χ3v) is 4.47. The van der Waals surface area contributed by atoms with Gasteiger partial charge in [0.05, 0.1) is 0 Å². The molecule has 19 heavy (non-hydrogen) atoms. The molecule has 0 heteroatoms. The van der Waals surface area contributed by atoms with Crippen LogP contribution in [0.1, 0.15) is 50.3 Å². The molecule has 0 aromatic heterocycles. The second-order valence-electron chi connectivity index (χ2n) is 6.15. The Kier molecular flexibility index (Phi) is 2.97. The van der Waals surface area contributed by atoms with Crippen LogP contribution in [-0.4, -0.2) is 0 Å². The molecule has 2 aromatic carbocycles. The van der Waals surface area contributed by atoms with Gasteiger partial charge in [-0.15, -0.1) is 0 Å². The third kappa shape index (κ3) is 1.90. The van der Waals surface area contributed by atoms with E-state index in [4.69, 9.17) is 0 Å². The van der Waals surface area contributed by atoms with E-state index in [0.29, 0.717) is 0 Å². The van der Waals surface area contributed by atoms with Gasteiger partial charge < -0.3 is 0 Å². The molecule has 0 amide bonds. The Morgan fingerprint density at radius 2 is 1.63 bits per heavy atom. The van der Waals surface area contributed by atoms with Crippen LogP contribution >= 0.6 is 0 Å². The van der Waals surface area contributed by atoms with Gasteiger partial charge in [0, 0.05) is 5.41 Å².